The summed E-state index contributed by atoms with van der Waals surface area (Å²) in [6.07, 6.45) is -4.50. The van der Waals surface area contributed by atoms with E-state index in [0.717, 1.165) is 0 Å². The second-order valence-electron chi connectivity index (χ2n) is 3.32. The van der Waals surface area contributed by atoms with E-state index in [1.54, 1.807) is 0 Å². The van der Waals surface area contributed by atoms with E-state index in [1.807, 2.05) is 0 Å². The third-order valence-corrected chi connectivity index (χ3v) is 2.24. The van der Waals surface area contributed by atoms with Gasteiger partial charge in [0.1, 0.15) is 18.3 Å². The SMILES string of the molecule is O=C1C(CO)COCC(O)C(O)C1O. The van der Waals surface area contributed by atoms with Crippen molar-refractivity contribution in [1.29, 1.82) is 0 Å². The quantitative estimate of drug-likeness (QED) is 0.371. The first-order valence-electron chi connectivity index (χ1n) is 4.34. The van der Waals surface area contributed by atoms with Gasteiger partial charge in [-0.1, -0.05) is 0 Å². The molecule has 0 spiro atoms. The highest BCUT2D eigenvalue weighted by Crippen LogP contribution is 2.12. The lowest BCUT2D eigenvalue weighted by molar-refractivity contribution is -0.156. The molecule has 14 heavy (non-hydrogen) atoms. The summed E-state index contributed by atoms with van der Waals surface area (Å²) in [4.78, 5) is 11.3. The molecule has 1 saturated heterocycles. The van der Waals surface area contributed by atoms with Crippen molar-refractivity contribution in [2.45, 2.75) is 18.3 Å². The van der Waals surface area contributed by atoms with Gasteiger partial charge in [0.25, 0.3) is 0 Å². The minimum Gasteiger partial charge on any atom is -0.396 e. The predicted octanol–water partition coefficient (Wildman–Crippen LogP) is -2.72. The molecule has 0 aromatic carbocycles. The van der Waals surface area contributed by atoms with Crippen molar-refractivity contribution in [2.24, 2.45) is 5.92 Å². The molecule has 0 aromatic heterocycles. The molecule has 4 atom stereocenters. The van der Waals surface area contributed by atoms with Gasteiger partial charge in [-0.05, 0) is 0 Å². The number of Topliss-reactive ketones (excluding diaryl/α,β-unsaturated/α-hetero) is 1. The van der Waals surface area contributed by atoms with E-state index in [0.29, 0.717) is 0 Å². The van der Waals surface area contributed by atoms with Crippen LogP contribution in [-0.2, 0) is 9.53 Å². The van der Waals surface area contributed by atoms with E-state index in [9.17, 15) is 20.1 Å². The summed E-state index contributed by atoms with van der Waals surface area (Å²) in [5.41, 5.74) is 0. The average molecular weight is 206 g/mol. The first kappa shape index (κ1) is 11.5. The van der Waals surface area contributed by atoms with Gasteiger partial charge in [0, 0.05) is 0 Å². The number of carbonyl (C=O) groups is 1. The summed E-state index contributed by atoms with van der Waals surface area (Å²) >= 11 is 0. The molecule has 0 aromatic rings. The molecule has 1 heterocycles. The van der Waals surface area contributed by atoms with Crippen LogP contribution < -0.4 is 0 Å². The number of hydrogen-bond acceptors (Lipinski definition) is 6. The van der Waals surface area contributed by atoms with Gasteiger partial charge in [-0.2, -0.15) is 0 Å². The summed E-state index contributed by atoms with van der Waals surface area (Å²) in [7, 11) is 0. The average Bonchev–Trinajstić information content (AvgIpc) is 2.20. The molecule has 82 valence electrons. The lowest BCUT2D eigenvalue weighted by Crippen LogP contribution is -2.50. The summed E-state index contributed by atoms with van der Waals surface area (Å²) in [5.74, 6) is -1.55. The molecular formula is C8H14O6. The van der Waals surface area contributed by atoms with Crippen LogP contribution in [-0.4, -0.2) is 64.3 Å². The zero-order valence-electron chi connectivity index (χ0n) is 7.54. The minimum atomic E-state index is -1.66. The molecule has 4 unspecified atom stereocenters. The fourth-order valence-corrected chi connectivity index (χ4v) is 1.27. The second kappa shape index (κ2) is 4.81. The predicted molar refractivity (Wildman–Crippen MR) is 44.4 cm³/mol. The zero-order valence-corrected chi connectivity index (χ0v) is 7.54. The Morgan fingerprint density at radius 2 is 1.93 bits per heavy atom. The van der Waals surface area contributed by atoms with E-state index in [1.165, 1.54) is 0 Å². The number of carbonyl (C=O) groups excluding carboxylic acids is 1. The maximum absolute atomic E-state index is 11.3. The van der Waals surface area contributed by atoms with Gasteiger partial charge in [-0.25, -0.2) is 0 Å². The summed E-state index contributed by atoms with van der Waals surface area (Å²) in [5, 5.41) is 36.5. The molecule has 6 heteroatoms. The summed E-state index contributed by atoms with van der Waals surface area (Å²) < 4.78 is 4.88. The van der Waals surface area contributed by atoms with Crippen LogP contribution in [0.5, 0.6) is 0 Å². The van der Waals surface area contributed by atoms with Crippen LogP contribution in [0.1, 0.15) is 0 Å². The fraction of sp³-hybridized carbons (Fsp3) is 0.875. The van der Waals surface area contributed by atoms with E-state index in [-0.39, 0.29) is 13.2 Å². The van der Waals surface area contributed by atoms with Gasteiger partial charge in [-0.15, -0.1) is 0 Å². The van der Waals surface area contributed by atoms with Gasteiger partial charge in [0.2, 0.25) is 0 Å². The Kier molecular flexibility index (Phi) is 3.97. The molecule has 1 rings (SSSR count). The molecule has 1 fully saturated rings. The summed E-state index contributed by atoms with van der Waals surface area (Å²) in [6, 6.07) is 0. The largest absolute Gasteiger partial charge is 0.396 e. The Labute approximate surface area is 80.7 Å². The molecule has 0 saturated carbocycles. The Bertz CT molecular complexity index is 206. The van der Waals surface area contributed by atoms with Crippen molar-refractivity contribution < 1.29 is 30.0 Å². The molecule has 1 aliphatic rings. The van der Waals surface area contributed by atoms with Crippen molar-refractivity contribution in [3.63, 3.8) is 0 Å². The Morgan fingerprint density at radius 3 is 2.50 bits per heavy atom. The highest BCUT2D eigenvalue weighted by Gasteiger charge is 2.36. The van der Waals surface area contributed by atoms with E-state index >= 15 is 0 Å². The highest BCUT2D eigenvalue weighted by atomic mass is 16.5. The smallest absolute Gasteiger partial charge is 0.171 e. The van der Waals surface area contributed by atoms with Crippen LogP contribution in [0.15, 0.2) is 0 Å². The Morgan fingerprint density at radius 1 is 1.29 bits per heavy atom. The topological polar surface area (TPSA) is 107 Å². The van der Waals surface area contributed by atoms with E-state index in [2.05, 4.69) is 0 Å². The number of ether oxygens (including phenoxy) is 1. The maximum Gasteiger partial charge on any atom is 0.171 e. The van der Waals surface area contributed by atoms with Crippen molar-refractivity contribution in [3.05, 3.63) is 0 Å². The van der Waals surface area contributed by atoms with E-state index < -0.39 is 36.6 Å². The number of aliphatic hydroxyl groups is 4. The molecule has 0 radical (unpaired) electrons. The van der Waals surface area contributed by atoms with Crippen molar-refractivity contribution in [2.75, 3.05) is 19.8 Å². The molecule has 4 N–H and O–H groups in total. The normalized spacial score (nSPS) is 40.4. The minimum absolute atomic E-state index is 0.0594. The van der Waals surface area contributed by atoms with Crippen molar-refractivity contribution in [1.82, 2.24) is 0 Å². The van der Waals surface area contributed by atoms with Gasteiger partial charge >= 0.3 is 0 Å². The van der Waals surface area contributed by atoms with Gasteiger partial charge in [-0.3, -0.25) is 4.79 Å². The van der Waals surface area contributed by atoms with Gasteiger partial charge in [0.05, 0.1) is 25.7 Å². The van der Waals surface area contributed by atoms with Crippen LogP contribution in [0.4, 0.5) is 0 Å². The molecule has 0 bridgehead atoms. The lowest BCUT2D eigenvalue weighted by Gasteiger charge is -2.28. The Balaban J connectivity index is 2.72. The van der Waals surface area contributed by atoms with E-state index in [4.69, 9.17) is 9.84 Å². The maximum atomic E-state index is 11.3. The number of rotatable bonds is 1. The van der Waals surface area contributed by atoms with Crippen LogP contribution in [0.25, 0.3) is 0 Å². The number of ketones is 1. The van der Waals surface area contributed by atoms with Crippen molar-refractivity contribution in [3.8, 4) is 0 Å². The zero-order chi connectivity index (χ0) is 10.7. The third-order valence-electron chi connectivity index (χ3n) is 2.24. The van der Waals surface area contributed by atoms with Gasteiger partial charge < -0.3 is 25.2 Å². The molecule has 1 aliphatic heterocycles. The first-order valence-corrected chi connectivity index (χ1v) is 4.34. The van der Waals surface area contributed by atoms with Crippen LogP contribution >= 0.6 is 0 Å². The van der Waals surface area contributed by atoms with Crippen LogP contribution in [0.3, 0.4) is 0 Å². The second-order valence-corrected chi connectivity index (χ2v) is 3.32. The van der Waals surface area contributed by atoms with Crippen LogP contribution in [0.2, 0.25) is 0 Å². The van der Waals surface area contributed by atoms with Crippen LogP contribution in [0, 0.1) is 5.92 Å². The number of hydrogen-bond donors (Lipinski definition) is 4. The lowest BCUT2D eigenvalue weighted by atomic mass is 9.94. The fourth-order valence-electron chi connectivity index (χ4n) is 1.27. The standard InChI is InChI=1S/C8H14O6/c9-1-4-2-14-3-5(10)7(12)8(13)6(4)11/h4-5,7-10,12-13H,1-3H2. The first-order chi connectivity index (χ1) is 6.57. The molecular weight excluding hydrogens is 192 g/mol. The van der Waals surface area contributed by atoms with Gasteiger partial charge in [0.15, 0.2) is 5.78 Å². The highest BCUT2D eigenvalue weighted by molar-refractivity contribution is 5.86. The Hall–Kier alpha value is -0.530. The van der Waals surface area contributed by atoms with Crippen molar-refractivity contribution >= 4 is 5.78 Å². The summed E-state index contributed by atoms with van der Waals surface area (Å²) in [6.45, 7) is -0.670. The molecule has 0 amide bonds. The molecule has 0 aliphatic carbocycles. The monoisotopic (exact) mass is 206 g/mol. The molecule has 6 nitrogen and oxygen atoms in total. The number of aliphatic hydroxyl groups excluding tert-OH is 4. The third kappa shape index (κ3) is 2.28.